The molecule has 0 saturated heterocycles. The molecule has 0 aliphatic rings. The number of nitrogens with zero attached hydrogens (tertiary/aromatic N) is 2. The van der Waals surface area contributed by atoms with Gasteiger partial charge in [0.15, 0.2) is 5.13 Å². The van der Waals surface area contributed by atoms with Gasteiger partial charge >= 0.3 is 0 Å². The molecule has 0 fully saturated rings. The zero-order valence-electron chi connectivity index (χ0n) is 13.9. The first-order valence-corrected chi connectivity index (χ1v) is 8.44. The van der Waals surface area contributed by atoms with Gasteiger partial charge in [0.2, 0.25) is 5.91 Å². The summed E-state index contributed by atoms with van der Waals surface area (Å²) in [4.78, 5) is 31.3. The van der Waals surface area contributed by atoms with Crippen molar-refractivity contribution in [2.45, 2.75) is 20.8 Å². The number of carbonyl (C=O) groups excluding carboxylic acids is 2. The highest BCUT2D eigenvalue weighted by Crippen LogP contribution is 2.16. The van der Waals surface area contributed by atoms with E-state index in [4.69, 9.17) is 0 Å². The monoisotopic (exact) mass is 349 g/mol. The number of anilines is 1. The predicted molar refractivity (Wildman–Crippen MR) is 92.6 cm³/mol. The number of thiazole rings is 1. The molecular weight excluding hydrogens is 329 g/mol. The smallest absolute Gasteiger partial charge is 0.254 e. The Bertz CT molecular complexity index is 713. The summed E-state index contributed by atoms with van der Waals surface area (Å²) >= 11 is 1.38. The van der Waals surface area contributed by atoms with E-state index in [1.807, 2.05) is 20.8 Å². The normalized spacial score (nSPS) is 10.7. The van der Waals surface area contributed by atoms with Crippen molar-refractivity contribution in [3.63, 3.8) is 0 Å². The van der Waals surface area contributed by atoms with Crippen molar-refractivity contribution >= 4 is 28.3 Å². The summed E-state index contributed by atoms with van der Waals surface area (Å²) in [5.74, 6) is -0.808. The van der Waals surface area contributed by atoms with Gasteiger partial charge in [0.05, 0.1) is 0 Å². The minimum atomic E-state index is -0.404. The molecule has 0 aliphatic carbocycles. The van der Waals surface area contributed by atoms with Crippen molar-refractivity contribution in [3.05, 3.63) is 46.7 Å². The maximum absolute atomic E-state index is 13.0. The van der Waals surface area contributed by atoms with Crippen LogP contribution in [-0.4, -0.2) is 34.8 Å². The highest BCUT2D eigenvalue weighted by Gasteiger charge is 2.20. The average molecular weight is 349 g/mol. The summed E-state index contributed by atoms with van der Waals surface area (Å²) in [6.45, 7) is 6.18. The first kappa shape index (κ1) is 18.1. The minimum Gasteiger partial charge on any atom is -0.329 e. The zero-order chi connectivity index (χ0) is 17.7. The maximum Gasteiger partial charge on any atom is 0.254 e. The molecule has 24 heavy (non-hydrogen) atoms. The number of hydrogen-bond acceptors (Lipinski definition) is 4. The Kier molecular flexibility index (Phi) is 6.03. The third-order valence-corrected chi connectivity index (χ3v) is 3.99. The largest absolute Gasteiger partial charge is 0.329 e. The van der Waals surface area contributed by atoms with Crippen LogP contribution in [0, 0.1) is 18.7 Å². The fourth-order valence-electron chi connectivity index (χ4n) is 2.18. The van der Waals surface area contributed by atoms with E-state index in [1.165, 1.54) is 40.5 Å². The van der Waals surface area contributed by atoms with Gasteiger partial charge in [-0.3, -0.25) is 9.59 Å². The van der Waals surface area contributed by atoms with Crippen LogP contribution in [0.1, 0.15) is 29.1 Å². The van der Waals surface area contributed by atoms with Gasteiger partial charge in [0, 0.05) is 23.2 Å². The summed E-state index contributed by atoms with van der Waals surface area (Å²) in [6, 6.07) is 5.32. The molecular formula is C17H20FN3O2S. The van der Waals surface area contributed by atoms with Crippen LogP contribution in [0.4, 0.5) is 9.52 Å². The second-order valence-electron chi connectivity index (χ2n) is 5.91. The van der Waals surface area contributed by atoms with Crippen LogP contribution < -0.4 is 5.32 Å². The molecule has 0 aliphatic heterocycles. The van der Waals surface area contributed by atoms with E-state index in [2.05, 4.69) is 10.3 Å². The van der Waals surface area contributed by atoms with Crippen LogP contribution >= 0.6 is 11.3 Å². The molecule has 1 heterocycles. The van der Waals surface area contributed by atoms with Crippen molar-refractivity contribution in [1.29, 1.82) is 0 Å². The number of rotatable bonds is 6. The zero-order valence-corrected chi connectivity index (χ0v) is 14.7. The molecule has 7 heteroatoms. The van der Waals surface area contributed by atoms with Crippen LogP contribution in [0.15, 0.2) is 30.5 Å². The summed E-state index contributed by atoms with van der Waals surface area (Å²) in [5.41, 5.74) is 0.356. The molecule has 0 saturated carbocycles. The van der Waals surface area contributed by atoms with E-state index < -0.39 is 5.82 Å². The van der Waals surface area contributed by atoms with Crippen LogP contribution in [0.2, 0.25) is 0 Å². The van der Waals surface area contributed by atoms with Gasteiger partial charge in [-0.1, -0.05) is 13.8 Å². The minimum absolute atomic E-state index is 0.0764. The lowest BCUT2D eigenvalue weighted by atomic mass is 10.1. The number of benzene rings is 1. The molecule has 0 bridgehead atoms. The molecule has 0 unspecified atom stereocenters. The van der Waals surface area contributed by atoms with Crippen molar-refractivity contribution in [1.82, 2.24) is 9.88 Å². The fourth-order valence-corrected chi connectivity index (χ4v) is 2.86. The Morgan fingerprint density at radius 1 is 1.29 bits per heavy atom. The summed E-state index contributed by atoms with van der Waals surface area (Å²) < 4.78 is 13.0. The quantitative estimate of drug-likeness (QED) is 0.870. The summed E-state index contributed by atoms with van der Waals surface area (Å²) in [7, 11) is 0. The number of nitrogens with one attached hydrogen (secondary N) is 1. The van der Waals surface area contributed by atoms with E-state index in [1.54, 1.807) is 6.20 Å². The Morgan fingerprint density at radius 3 is 2.50 bits per heavy atom. The molecule has 2 amide bonds. The van der Waals surface area contributed by atoms with Gasteiger partial charge in [-0.25, -0.2) is 9.37 Å². The Labute approximate surface area is 144 Å². The van der Waals surface area contributed by atoms with E-state index >= 15 is 0 Å². The lowest BCUT2D eigenvalue weighted by Gasteiger charge is -2.24. The average Bonchev–Trinajstić information content (AvgIpc) is 2.91. The first-order valence-electron chi connectivity index (χ1n) is 7.62. The number of amides is 2. The molecule has 128 valence electrons. The topological polar surface area (TPSA) is 62.3 Å². The summed E-state index contributed by atoms with van der Waals surface area (Å²) in [5, 5.41) is 3.21. The van der Waals surface area contributed by atoms with Gasteiger partial charge < -0.3 is 10.2 Å². The number of aromatic nitrogens is 1. The van der Waals surface area contributed by atoms with Crippen LogP contribution in [0.5, 0.6) is 0 Å². The van der Waals surface area contributed by atoms with Gasteiger partial charge in [0.25, 0.3) is 5.91 Å². The van der Waals surface area contributed by atoms with E-state index in [-0.39, 0.29) is 24.3 Å². The number of hydrogen-bond donors (Lipinski definition) is 1. The molecule has 1 aromatic heterocycles. The lowest BCUT2D eigenvalue weighted by molar-refractivity contribution is -0.117. The SMILES string of the molecule is Cc1cnc(NC(=O)CN(CC(C)C)C(=O)c2ccc(F)cc2)s1. The van der Waals surface area contributed by atoms with Gasteiger partial charge in [-0.2, -0.15) is 0 Å². The molecule has 0 radical (unpaired) electrons. The molecule has 2 rings (SSSR count). The second kappa shape index (κ2) is 8.01. The van der Waals surface area contributed by atoms with Crippen molar-refractivity contribution in [2.24, 2.45) is 5.92 Å². The van der Waals surface area contributed by atoms with E-state index in [0.717, 1.165) is 4.88 Å². The molecule has 2 aromatic rings. The lowest BCUT2D eigenvalue weighted by Crippen LogP contribution is -2.40. The second-order valence-corrected chi connectivity index (χ2v) is 7.15. The fraction of sp³-hybridized carbons (Fsp3) is 0.353. The number of carbonyl (C=O) groups is 2. The third-order valence-electron chi connectivity index (χ3n) is 3.17. The van der Waals surface area contributed by atoms with Gasteiger partial charge in [-0.15, -0.1) is 11.3 Å². The van der Waals surface area contributed by atoms with E-state index in [9.17, 15) is 14.0 Å². The van der Waals surface area contributed by atoms with Crippen molar-refractivity contribution in [3.8, 4) is 0 Å². The molecule has 0 atom stereocenters. The Balaban J connectivity index is 2.08. The predicted octanol–water partition coefficient (Wildman–Crippen LogP) is 3.33. The standard InChI is InChI=1S/C17H20FN3O2S/c1-11(2)9-21(16(23)13-4-6-14(18)7-5-13)10-15(22)20-17-19-8-12(3)24-17/h4-8,11H,9-10H2,1-3H3,(H,19,20,22). The summed E-state index contributed by atoms with van der Waals surface area (Å²) in [6.07, 6.45) is 1.68. The van der Waals surface area contributed by atoms with Crippen LogP contribution in [0.25, 0.3) is 0 Å². The molecule has 5 nitrogen and oxygen atoms in total. The molecule has 0 spiro atoms. The van der Waals surface area contributed by atoms with Crippen LogP contribution in [-0.2, 0) is 4.79 Å². The van der Waals surface area contributed by atoms with Crippen molar-refractivity contribution < 1.29 is 14.0 Å². The highest BCUT2D eigenvalue weighted by atomic mass is 32.1. The Morgan fingerprint density at radius 2 is 1.96 bits per heavy atom. The Hall–Kier alpha value is -2.28. The van der Waals surface area contributed by atoms with E-state index in [0.29, 0.717) is 17.2 Å². The number of halogens is 1. The first-order chi connectivity index (χ1) is 11.3. The van der Waals surface area contributed by atoms with Crippen LogP contribution in [0.3, 0.4) is 0 Å². The molecule has 1 N–H and O–H groups in total. The number of aryl methyl sites for hydroxylation is 1. The highest BCUT2D eigenvalue weighted by molar-refractivity contribution is 7.15. The van der Waals surface area contributed by atoms with Gasteiger partial charge in [-0.05, 0) is 37.1 Å². The third kappa shape index (κ3) is 5.13. The molecule has 1 aromatic carbocycles. The van der Waals surface area contributed by atoms with Gasteiger partial charge in [0.1, 0.15) is 12.4 Å². The maximum atomic E-state index is 13.0. The van der Waals surface area contributed by atoms with Crippen molar-refractivity contribution in [2.75, 3.05) is 18.4 Å².